The number of hydrogen-bond acceptors (Lipinski definition) is 10. The summed E-state index contributed by atoms with van der Waals surface area (Å²) in [5.74, 6) is 3.14. The van der Waals surface area contributed by atoms with E-state index in [1.807, 2.05) is 36.4 Å². The molecule has 0 spiro atoms. The molecule has 2 saturated heterocycles. The van der Waals surface area contributed by atoms with Crippen molar-refractivity contribution in [1.82, 2.24) is 9.80 Å². The van der Waals surface area contributed by atoms with E-state index in [-0.39, 0.29) is 24.3 Å². The molecule has 0 aliphatic carbocycles. The number of ether oxygens (including phenoxy) is 4. The van der Waals surface area contributed by atoms with Crippen molar-refractivity contribution in [3.63, 3.8) is 0 Å². The van der Waals surface area contributed by atoms with Gasteiger partial charge in [0.15, 0.2) is 23.0 Å². The maximum atomic E-state index is 6.36. The van der Waals surface area contributed by atoms with Gasteiger partial charge in [0, 0.05) is 44.1 Å². The van der Waals surface area contributed by atoms with Gasteiger partial charge in [-0.25, -0.2) is 0 Å². The van der Waals surface area contributed by atoms with Crippen LogP contribution < -0.4 is 30.4 Å². The normalized spacial score (nSPS) is 21.2. The fraction of sp³-hybridized carbons (Fsp3) is 0.600. The van der Waals surface area contributed by atoms with Gasteiger partial charge in [0.25, 0.3) is 0 Å². The zero-order valence-electron chi connectivity index (χ0n) is 24.3. The topological polar surface area (TPSA) is 114 Å². The summed E-state index contributed by atoms with van der Waals surface area (Å²) in [7, 11) is 4.68. The highest BCUT2D eigenvalue weighted by Crippen LogP contribution is 2.36. The average Bonchev–Trinajstić information content (AvgIpc) is 3.73. The molecule has 2 aromatic carbocycles. The molecule has 0 saturated carbocycles. The summed E-state index contributed by atoms with van der Waals surface area (Å²) in [5.41, 5.74) is 14.8. The van der Waals surface area contributed by atoms with Gasteiger partial charge in [-0.1, -0.05) is 12.1 Å². The Morgan fingerprint density at radius 1 is 0.595 bits per heavy atom. The molecule has 0 aromatic heterocycles. The van der Waals surface area contributed by atoms with Crippen LogP contribution in [0.15, 0.2) is 36.4 Å². The van der Waals surface area contributed by atoms with Crippen molar-refractivity contribution in [2.45, 2.75) is 50.0 Å². The molecule has 4 N–H and O–H groups in total. The molecular weight excluding hydrogens is 574 g/mol. The summed E-state index contributed by atoms with van der Waals surface area (Å²) in [4.78, 5) is 4.80. The van der Waals surface area contributed by atoms with Gasteiger partial charge in [-0.3, -0.25) is 0 Å². The third-order valence-electron chi connectivity index (χ3n) is 8.20. The third kappa shape index (κ3) is 8.25. The molecular formula is C30H46N4O6P2. The van der Waals surface area contributed by atoms with Crippen LogP contribution in [0.25, 0.3) is 0 Å². The lowest BCUT2D eigenvalue weighted by Gasteiger charge is -2.28. The fourth-order valence-corrected chi connectivity index (χ4v) is 6.76. The Morgan fingerprint density at radius 2 is 0.952 bits per heavy atom. The highest BCUT2D eigenvalue weighted by molar-refractivity contribution is 7.10. The Labute approximate surface area is 254 Å². The van der Waals surface area contributed by atoms with Gasteiger partial charge >= 0.3 is 0 Å². The van der Waals surface area contributed by atoms with Gasteiger partial charge in [-0.2, -0.15) is 0 Å². The second-order valence-electron chi connectivity index (χ2n) is 11.3. The van der Waals surface area contributed by atoms with Crippen LogP contribution in [-0.4, -0.2) is 87.6 Å². The molecule has 2 fully saturated rings. The van der Waals surface area contributed by atoms with Crippen LogP contribution in [-0.2, 0) is 9.05 Å². The molecule has 0 amide bonds. The SMILES string of the molecule is NC(CN1CCCC1)C(OP)c1ccc2c(c1)OCCO2.N[C@H](CN1CCCC1)[C@H](OP)c1ccc2c(c1)OCCO2. The summed E-state index contributed by atoms with van der Waals surface area (Å²) >= 11 is 0. The van der Waals surface area contributed by atoms with Gasteiger partial charge in [0.1, 0.15) is 38.6 Å². The zero-order chi connectivity index (χ0) is 29.3. The van der Waals surface area contributed by atoms with Crippen molar-refractivity contribution in [3.8, 4) is 23.0 Å². The monoisotopic (exact) mass is 620 g/mol. The number of fused-ring (bicyclic) bond motifs is 2. The lowest BCUT2D eigenvalue weighted by atomic mass is 10.0. The second kappa shape index (κ2) is 15.8. The number of likely N-dealkylation sites (tertiary alicyclic amines) is 2. The Kier molecular flexibility index (Phi) is 11.9. The predicted octanol–water partition coefficient (Wildman–Crippen LogP) is 3.46. The number of rotatable bonds is 10. The van der Waals surface area contributed by atoms with E-state index in [0.29, 0.717) is 26.4 Å². The van der Waals surface area contributed by atoms with Crippen molar-refractivity contribution in [1.29, 1.82) is 0 Å². The standard InChI is InChI=1S/2C15H23N2O3P/c2*16-12(10-17-5-1-2-6-17)15(20-21)11-3-4-13-14(9-11)19-8-7-18-13/h2*3-4,9,12,15H,1-2,5-8,10,16,21H2/t12-,15-;/m1./s1. The van der Waals surface area contributed by atoms with E-state index in [1.165, 1.54) is 25.7 Å². The highest BCUT2D eigenvalue weighted by atomic mass is 31.0. The molecule has 12 heteroatoms. The molecule has 0 radical (unpaired) electrons. The fourth-order valence-electron chi connectivity index (χ4n) is 6.05. The predicted molar refractivity (Wildman–Crippen MR) is 169 cm³/mol. The zero-order valence-corrected chi connectivity index (χ0v) is 26.6. The smallest absolute Gasteiger partial charge is 0.161 e. The van der Waals surface area contributed by atoms with Crippen molar-refractivity contribution in [2.24, 2.45) is 11.5 Å². The van der Waals surface area contributed by atoms with Crippen LogP contribution in [0, 0.1) is 0 Å². The minimum Gasteiger partial charge on any atom is -0.486 e. The molecule has 0 bridgehead atoms. The van der Waals surface area contributed by atoms with E-state index < -0.39 is 0 Å². The second-order valence-corrected chi connectivity index (χ2v) is 11.8. The minimum atomic E-state index is -0.161. The highest BCUT2D eigenvalue weighted by Gasteiger charge is 2.27. The van der Waals surface area contributed by atoms with E-state index >= 15 is 0 Å². The summed E-state index contributed by atoms with van der Waals surface area (Å²) in [6.07, 6.45) is 4.75. The first kappa shape index (κ1) is 31.7. The van der Waals surface area contributed by atoms with Gasteiger partial charge in [0.2, 0.25) is 0 Å². The van der Waals surface area contributed by atoms with Gasteiger partial charge in [0.05, 0.1) is 0 Å². The van der Waals surface area contributed by atoms with Crippen molar-refractivity contribution in [2.75, 3.05) is 65.7 Å². The van der Waals surface area contributed by atoms with Gasteiger partial charge in [-0.15, -0.1) is 0 Å². The molecule has 232 valence electrons. The first-order valence-corrected chi connectivity index (χ1v) is 16.0. The number of nitrogens with two attached hydrogens (primary N) is 2. The molecule has 2 aromatic rings. The molecule has 6 rings (SSSR count). The number of benzene rings is 2. The van der Waals surface area contributed by atoms with Crippen molar-refractivity contribution >= 4 is 18.9 Å². The molecule has 4 unspecified atom stereocenters. The van der Waals surface area contributed by atoms with Crippen LogP contribution >= 0.6 is 18.9 Å². The van der Waals surface area contributed by atoms with Gasteiger partial charge < -0.3 is 49.3 Å². The van der Waals surface area contributed by atoms with Crippen LogP contribution in [0.3, 0.4) is 0 Å². The third-order valence-corrected chi connectivity index (χ3v) is 8.78. The van der Waals surface area contributed by atoms with E-state index in [9.17, 15) is 0 Å². The number of hydrogen-bond donors (Lipinski definition) is 2. The lowest BCUT2D eigenvalue weighted by molar-refractivity contribution is 0.163. The van der Waals surface area contributed by atoms with E-state index in [0.717, 1.165) is 73.4 Å². The average molecular weight is 621 g/mol. The van der Waals surface area contributed by atoms with Crippen molar-refractivity contribution < 1.29 is 28.0 Å². The Bertz CT molecular complexity index is 1050. The lowest BCUT2D eigenvalue weighted by Crippen LogP contribution is -2.40. The first-order chi connectivity index (χ1) is 20.6. The summed E-state index contributed by atoms with van der Waals surface area (Å²) in [6, 6.07) is 11.7. The van der Waals surface area contributed by atoms with Crippen LogP contribution in [0.2, 0.25) is 0 Å². The maximum absolute atomic E-state index is 6.36. The van der Waals surface area contributed by atoms with Crippen LogP contribution in [0.1, 0.15) is 49.0 Å². The van der Waals surface area contributed by atoms with E-state index in [2.05, 4.69) is 28.7 Å². The van der Waals surface area contributed by atoms with Crippen LogP contribution in [0.4, 0.5) is 0 Å². The molecule has 10 nitrogen and oxygen atoms in total. The van der Waals surface area contributed by atoms with E-state index in [4.69, 9.17) is 39.5 Å². The quantitative estimate of drug-likeness (QED) is 0.383. The molecule has 4 aliphatic heterocycles. The summed E-state index contributed by atoms with van der Waals surface area (Å²) in [6.45, 7) is 8.63. The van der Waals surface area contributed by atoms with E-state index in [1.54, 1.807) is 0 Å². The minimum absolute atomic E-state index is 0.0665. The first-order valence-electron chi connectivity index (χ1n) is 15.0. The summed E-state index contributed by atoms with van der Waals surface area (Å²) in [5, 5.41) is 0. The molecule has 4 aliphatic rings. The largest absolute Gasteiger partial charge is 0.486 e. The maximum Gasteiger partial charge on any atom is 0.161 e. The Hall–Kier alpha value is -1.74. The van der Waals surface area contributed by atoms with Crippen molar-refractivity contribution in [3.05, 3.63) is 47.5 Å². The Morgan fingerprint density at radius 3 is 1.31 bits per heavy atom. The molecule has 42 heavy (non-hydrogen) atoms. The molecule has 4 heterocycles. The van der Waals surface area contributed by atoms with Crippen LogP contribution in [0.5, 0.6) is 23.0 Å². The number of nitrogens with zero attached hydrogens (tertiary/aromatic N) is 2. The van der Waals surface area contributed by atoms with Gasteiger partial charge in [-0.05, 0) is 87.3 Å². The Balaban J connectivity index is 0.000000168. The summed E-state index contributed by atoms with van der Waals surface area (Å²) < 4.78 is 33.5. The molecule has 6 atom stereocenters.